The van der Waals surface area contributed by atoms with Gasteiger partial charge in [0, 0.05) is 6.54 Å². The Morgan fingerprint density at radius 3 is 2.71 bits per heavy atom. The van der Waals surface area contributed by atoms with Gasteiger partial charge in [0.05, 0.1) is 12.6 Å². The first-order valence-corrected chi connectivity index (χ1v) is 9.26. The molecule has 1 heterocycles. The Balaban J connectivity index is 2.12. The van der Waals surface area contributed by atoms with Crippen LogP contribution >= 0.6 is 11.3 Å². The molecule has 1 aliphatic rings. The van der Waals surface area contributed by atoms with Crippen molar-refractivity contribution in [3.63, 3.8) is 0 Å². The Morgan fingerprint density at radius 1 is 1.43 bits per heavy atom. The summed E-state index contributed by atoms with van der Waals surface area (Å²) >= 11 is 0.923. The van der Waals surface area contributed by atoms with E-state index in [0.717, 1.165) is 37.0 Å². The van der Waals surface area contributed by atoms with E-state index >= 15 is 0 Å². The molecule has 1 saturated carbocycles. The molecule has 0 unspecified atom stereocenters. The highest BCUT2D eigenvalue weighted by atomic mass is 32.2. The molecule has 118 valence electrons. The number of nitrogens with one attached hydrogen (secondary N) is 1. The third-order valence-electron chi connectivity index (χ3n) is 3.91. The molecule has 0 atom stereocenters. The first-order valence-electron chi connectivity index (χ1n) is 6.89. The van der Waals surface area contributed by atoms with Crippen molar-refractivity contribution in [1.82, 2.24) is 9.71 Å². The van der Waals surface area contributed by atoms with E-state index in [1.54, 1.807) is 0 Å². The number of methoxy groups -OCH3 is 1. The summed E-state index contributed by atoms with van der Waals surface area (Å²) in [7, 11) is -2.53. The Hall–Kier alpha value is -0.990. The lowest BCUT2D eigenvalue weighted by Gasteiger charge is -2.33. The Morgan fingerprint density at radius 2 is 2.10 bits per heavy atom. The Kier molecular flexibility index (Phi) is 5.00. The minimum Gasteiger partial charge on any atom is -0.464 e. The van der Waals surface area contributed by atoms with Crippen LogP contribution in [0.25, 0.3) is 0 Å². The van der Waals surface area contributed by atoms with Crippen LogP contribution in [0.5, 0.6) is 0 Å². The second kappa shape index (κ2) is 6.41. The molecule has 2 rings (SSSR count). The van der Waals surface area contributed by atoms with Crippen molar-refractivity contribution >= 4 is 27.3 Å². The van der Waals surface area contributed by atoms with Gasteiger partial charge in [-0.15, -0.1) is 11.3 Å². The van der Waals surface area contributed by atoms with Crippen LogP contribution in [0, 0.1) is 5.41 Å². The molecule has 21 heavy (non-hydrogen) atoms. The van der Waals surface area contributed by atoms with E-state index in [2.05, 4.69) is 21.4 Å². The van der Waals surface area contributed by atoms with Gasteiger partial charge in [0.2, 0.25) is 0 Å². The minimum absolute atomic E-state index is 0.0125. The third kappa shape index (κ3) is 3.81. The number of sulfonamides is 1. The van der Waals surface area contributed by atoms with E-state index < -0.39 is 16.0 Å². The van der Waals surface area contributed by atoms with E-state index in [1.165, 1.54) is 19.0 Å². The molecule has 1 aromatic rings. The fraction of sp³-hybridized carbons (Fsp3) is 0.692. The van der Waals surface area contributed by atoms with Crippen LogP contribution in [0.15, 0.2) is 9.72 Å². The summed E-state index contributed by atoms with van der Waals surface area (Å²) in [6, 6.07) is 0. The standard InChI is InChI=1S/C13H20N2O4S2/c1-13(6-4-3-5-7-13)8-15-21(17,18)12-10(11(16)19-2)14-9-20-12/h9,15H,3-8H2,1-2H3. The minimum atomic E-state index is -3.74. The average Bonchev–Trinajstić information content (AvgIpc) is 2.96. The van der Waals surface area contributed by atoms with Gasteiger partial charge in [0.15, 0.2) is 9.90 Å². The van der Waals surface area contributed by atoms with Crippen molar-refractivity contribution in [2.45, 2.75) is 43.2 Å². The number of aromatic nitrogens is 1. The molecule has 0 aliphatic heterocycles. The van der Waals surface area contributed by atoms with Crippen molar-refractivity contribution in [3.8, 4) is 0 Å². The highest BCUT2D eigenvalue weighted by Crippen LogP contribution is 2.35. The van der Waals surface area contributed by atoms with E-state index in [9.17, 15) is 13.2 Å². The first-order chi connectivity index (χ1) is 9.88. The van der Waals surface area contributed by atoms with E-state index in [1.807, 2.05) is 0 Å². The second-order valence-corrected chi connectivity index (χ2v) is 8.49. The first kappa shape index (κ1) is 16.4. The molecule has 8 heteroatoms. The maximum atomic E-state index is 12.4. The fourth-order valence-electron chi connectivity index (χ4n) is 2.58. The molecule has 0 radical (unpaired) electrons. The molecule has 0 saturated heterocycles. The number of hydrogen-bond donors (Lipinski definition) is 1. The van der Waals surface area contributed by atoms with Crippen LogP contribution in [0.4, 0.5) is 0 Å². The van der Waals surface area contributed by atoms with Crippen molar-refractivity contribution < 1.29 is 17.9 Å². The zero-order chi connectivity index (χ0) is 15.5. The Bertz CT molecular complexity index is 603. The van der Waals surface area contributed by atoms with Gasteiger partial charge in [-0.2, -0.15) is 0 Å². The van der Waals surface area contributed by atoms with Crippen LogP contribution in [0.2, 0.25) is 0 Å². The van der Waals surface area contributed by atoms with Gasteiger partial charge in [-0.1, -0.05) is 26.2 Å². The summed E-state index contributed by atoms with van der Waals surface area (Å²) in [5, 5.41) is 0. The predicted octanol–water partition coefficient (Wildman–Crippen LogP) is 2.18. The number of thiazole rings is 1. The molecule has 6 nitrogen and oxygen atoms in total. The lowest BCUT2D eigenvalue weighted by Crippen LogP contribution is -2.37. The van der Waals surface area contributed by atoms with Crippen molar-refractivity contribution in [2.24, 2.45) is 5.41 Å². The van der Waals surface area contributed by atoms with Gasteiger partial charge in [-0.25, -0.2) is 22.9 Å². The molecular formula is C13H20N2O4S2. The number of rotatable bonds is 5. The molecule has 1 aliphatic carbocycles. The highest BCUT2D eigenvalue weighted by molar-refractivity contribution is 7.91. The lowest BCUT2D eigenvalue weighted by molar-refractivity contribution is 0.0590. The summed E-state index contributed by atoms with van der Waals surface area (Å²) in [6.45, 7) is 2.48. The number of ether oxygens (including phenoxy) is 1. The summed E-state index contributed by atoms with van der Waals surface area (Å²) in [5.41, 5.74) is 1.17. The number of nitrogens with zero attached hydrogens (tertiary/aromatic N) is 1. The topological polar surface area (TPSA) is 85.4 Å². The van der Waals surface area contributed by atoms with Crippen LogP contribution in [-0.4, -0.2) is 33.0 Å². The lowest BCUT2D eigenvalue weighted by atomic mass is 9.76. The second-order valence-electron chi connectivity index (χ2n) is 5.68. The molecular weight excluding hydrogens is 312 g/mol. The van der Waals surface area contributed by atoms with Crippen molar-refractivity contribution in [1.29, 1.82) is 0 Å². The van der Waals surface area contributed by atoms with Gasteiger partial charge < -0.3 is 4.74 Å². The van der Waals surface area contributed by atoms with Crippen LogP contribution in [-0.2, 0) is 14.8 Å². The SMILES string of the molecule is COC(=O)c1ncsc1S(=O)(=O)NCC1(C)CCCCC1. The summed E-state index contributed by atoms with van der Waals surface area (Å²) in [5.74, 6) is -0.736. The molecule has 1 N–H and O–H groups in total. The van der Waals surface area contributed by atoms with Gasteiger partial charge in [0.1, 0.15) is 0 Å². The van der Waals surface area contributed by atoms with Gasteiger partial charge >= 0.3 is 5.97 Å². The largest absolute Gasteiger partial charge is 0.464 e. The zero-order valence-corrected chi connectivity index (χ0v) is 13.8. The van der Waals surface area contributed by atoms with Crippen LogP contribution in [0.1, 0.15) is 49.5 Å². The number of carbonyl (C=O) groups excluding carboxylic acids is 1. The van der Waals surface area contributed by atoms with E-state index in [4.69, 9.17) is 0 Å². The van der Waals surface area contributed by atoms with Gasteiger partial charge in [-0.3, -0.25) is 0 Å². The fourth-order valence-corrected chi connectivity index (χ4v) is 4.95. The number of esters is 1. The van der Waals surface area contributed by atoms with E-state index in [-0.39, 0.29) is 15.3 Å². The summed E-state index contributed by atoms with van der Waals surface area (Å²) in [4.78, 5) is 15.3. The monoisotopic (exact) mass is 332 g/mol. The number of hydrogen-bond acceptors (Lipinski definition) is 6. The maximum absolute atomic E-state index is 12.4. The Labute approximate surface area is 129 Å². The zero-order valence-electron chi connectivity index (χ0n) is 12.2. The molecule has 0 aromatic carbocycles. The summed E-state index contributed by atoms with van der Waals surface area (Å²) < 4.78 is 31.9. The molecule has 1 fully saturated rings. The van der Waals surface area contributed by atoms with Crippen molar-refractivity contribution in [2.75, 3.05) is 13.7 Å². The van der Waals surface area contributed by atoms with Crippen LogP contribution < -0.4 is 4.72 Å². The molecule has 0 amide bonds. The predicted molar refractivity (Wildman–Crippen MR) is 79.8 cm³/mol. The summed E-state index contributed by atoms with van der Waals surface area (Å²) in [6.07, 6.45) is 5.51. The molecule has 0 spiro atoms. The normalized spacial score (nSPS) is 18.4. The van der Waals surface area contributed by atoms with Crippen molar-refractivity contribution in [3.05, 3.63) is 11.2 Å². The van der Waals surface area contributed by atoms with E-state index in [0.29, 0.717) is 6.54 Å². The average molecular weight is 332 g/mol. The quantitative estimate of drug-likeness (QED) is 0.835. The smallest absolute Gasteiger partial charge is 0.358 e. The van der Waals surface area contributed by atoms with Gasteiger partial charge in [0.25, 0.3) is 10.0 Å². The molecule has 1 aromatic heterocycles. The maximum Gasteiger partial charge on any atom is 0.358 e. The highest BCUT2D eigenvalue weighted by Gasteiger charge is 2.31. The number of carbonyl (C=O) groups is 1. The molecule has 0 bridgehead atoms. The van der Waals surface area contributed by atoms with Gasteiger partial charge in [-0.05, 0) is 18.3 Å². The van der Waals surface area contributed by atoms with Crippen LogP contribution in [0.3, 0.4) is 0 Å². The third-order valence-corrected chi connectivity index (χ3v) is 6.68.